The Morgan fingerprint density at radius 3 is 2.67 bits per heavy atom. The first kappa shape index (κ1) is 10.3. The molecule has 0 bridgehead atoms. The van der Waals surface area contributed by atoms with Gasteiger partial charge in [-0.1, -0.05) is 27.5 Å². The van der Waals surface area contributed by atoms with E-state index < -0.39 is 0 Å². The Morgan fingerprint density at radius 2 is 2.08 bits per heavy atom. The normalized spacial score (nSPS) is 10.3. The highest BCUT2D eigenvalue weighted by molar-refractivity contribution is 9.10. The van der Waals surface area contributed by atoms with E-state index >= 15 is 0 Å². The molecule has 0 aromatic heterocycles. The molecule has 0 radical (unpaired) electrons. The van der Waals surface area contributed by atoms with Crippen molar-refractivity contribution in [3.8, 4) is 0 Å². The van der Waals surface area contributed by atoms with E-state index in [0.29, 0.717) is 22.3 Å². The molecule has 0 fully saturated rings. The molecule has 1 aromatic rings. The smallest absolute Gasteiger partial charge is 0.146 e. The van der Waals surface area contributed by atoms with Crippen molar-refractivity contribution >= 4 is 39.1 Å². The minimum Gasteiger partial charge on any atom is -0.205 e. The third-order valence-corrected chi connectivity index (χ3v) is 2.71. The van der Waals surface area contributed by atoms with Crippen LogP contribution in [-0.2, 0) is 6.42 Å². The first-order chi connectivity index (χ1) is 5.66. The lowest BCUT2D eigenvalue weighted by molar-refractivity contribution is 0.611. The van der Waals surface area contributed by atoms with E-state index in [1.807, 2.05) is 0 Å². The number of hydrogen-bond acceptors (Lipinski definition) is 0. The zero-order valence-electron chi connectivity index (χ0n) is 6.08. The van der Waals surface area contributed by atoms with Gasteiger partial charge < -0.3 is 0 Å². The predicted octanol–water partition coefficient (Wildman–Crippen LogP) is 4.02. The molecule has 0 aliphatic rings. The Morgan fingerprint density at radius 1 is 1.42 bits per heavy atom. The third-order valence-electron chi connectivity index (χ3n) is 1.48. The fraction of sp³-hybridized carbons (Fsp3) is 0.250. The summed E-state index contributed by atoms with van der Waals surface area (Å²) in [6, 6.07) is 3.23. The molecule has 0 N–H and O–H groups in total. The lowest BCUT2D eigenvalue weighted by Crippen LogP contribution is -1.94. The lowest BCUT2D eigenvalue weighted by atomic mass is 10.1. The monoisotopic (exact) mass is 270 g/mol. The van der Waals surface area contributed by atoms with Crippen LogP contribution in [0.2, 0.25) is 5.02 Å². The summed E-state index contributed by atoms with van der Waals surface area (Å²) in [6.45, 7) is 0. The second kappa shape index (κ2) is 4.45. The van der Waals surface area contributed by atoms with Gasteiger partial charge in [0.05, 0.1) is 5.02 Å². The zero-order chi connectivity index (χ0) is 9.14. The summed E-state index contributed by atoms with van der Waals surface area (Å²) in [5, 5.41) is 0.137. The summed E-state index contributed by atoms with van der Waals surface area (Å²) in [5.74, 6) is 0.00209. The molecule has 1 rings (SSSR count). The molecular formula is C8H6BrCl2F. The van der Waals surface area contributed by atoms with Gasteiger partial charge in [-0.25, -0.2) is 4.39 Å². The van der Waals surface area contributed by atoms with E-state index in [1.165, 1.54) is 6.07 Å². The van der Waals surface area contributed by atoms with Gasteiger partial charge in [0, 0.05) is 15.9 Å². The van der Waals surface area contributed by atoms with Crippen molar-refractivity contribution in [1.82, 2.24) is 0 Å². The Labute approximate surface area is 88.8 Å². The van der Waals surface area contributed by atoms with Crippen LogP contribution in [0.15, 0.2) is 16.6 Å². The fourth-order valence-corrected chi connectivity index (χ4v) is 1.76. The van der Waals surface area contributed by atoms with Gasteiger partial charge in [-0.15, -0.1) is 11.6 Å². The molecule has 66 valence electrons. The molecule has 0 unspecified atom stereocenters. The maximum atomic E-state index is 13.2. The quantitative estimate of drug-likeness (QED) is 0.563. The van der Waals surface area contributed by atoms with Gasteiger partial charge in [0.1, 0.15) is 5.82 Å². The van der Waals surface area contributed by atoms with Gasteiger partial charge in [0.15, 0.2) is 0 Å². The summed E-state index contributed by atoms with van der Waals surface area (Å²) in [6.07, 6.45) is 0.481. The van der Waals surface area contributed by atoms with E-state index in [0.717, 1.165) is 0 Å². The highest BCUT2D eigenvalue weighted by Gasteiger charge is 2.09. The van der Waals surface area contributed by atoms with E-state index in [2.05, 4.69) is 15.9 Å². The highest BCUT2D eigenvalue weighted by atomic mass is 79.9. The predicted molar refractivity (Wildman–Crippen MR) is 53.5 cm³/mol. The molecule has 4 heteroatoms. The lowest BCUT2D eigenvalue weighted by Gasteiger charge is -2.04. The standard InChI is InChI=1S/C8H6BrCl2F/c9-6-1-2-7(11)8(12)5(6)3-4-10/h1-2H,3-4H2. The molecule has 0 aliphatic carbocycles. The van der Waals surface area contributed by atoms with Crippen molar-refractivity contribution in [2.75, 3.05) is 5.88 Å². The van der Waals surface area contributed by atoms with Gasteiger partial charge in [-0.05, 0) is 18.6 Å². The van der Waals surface area contributed by atoms with Gasteiger partial charge in [0.25, 0.3) is 0 Å². The molecule has 0 saturated heterocycles. The van der Waals surface area contributed by atoms with Crippen molar-refractivity contribution in [1.29, 1.82) is 0 Å². The van der Waals surface area contributed by atoms with Crippen molar-refractivity contribution in [2.24, 2.45) is 0 Å². The molecule has 0 nitrogen and oxygen atoms in total. The Kier molecular flexibility index (Phi) is 3.81. The third kappa shape index (κ3) is 2.12. The van der Waals surface area contributed by atoms with Crippen molar-refractivity contribution < 1.29 is 4.39 Å². The molecule has 0 saturated carbocycles. The van der Waals surface area contributed by atoms with Crippen LogP contribution in [0.1, 0.15) is 5.56 Å². The van der Waals surface area contributed by atoms with E-state index in [-0.39, 0.29) is 10.8 Å². The minimum absolute atomic E-state index is 0.137. The summed E-state index contributed by atoms with van der Waals surface area (Å²) in [7, 11) is 0. The average Bonchev–Trinajstić information content (AvgIpc) is 2.06. The maximum Gasteiger partial charge on any atom is 0.146 e. The summed E-state index contributed by atoms with van der Waals surface area (Å²) in [4.78, 5) is 0. The molecule has 0 amide bonds. The van der Waals surface area contributed by atoms with Crippen LogP contribution < -0.4 is 0 Å². The Balaban J connectivity index is 3.14. The van der Waals surface area contributed by atoms with Gasteiger partial charge in [-0.3, -0.25) is 0 Å². The molecule has 1 aromatic carbocycles. The van der Waals surface area contributed by atoms with E-state index in [1.54, 1.807) is 6.07 Å². The van der Waals surface area contributed by atoms with Crippen molar-refractivity contribution in [2.45, 2.75) is 6.42 Å². The van der Waals surface area contributed by atoms with Crippen LogP contribution in [0.5, 0.6) is 0 Å². The maximum absolute atomic E-state index is 13.2. The largest absolute Gasteiger partial charge is 0.205 e. The Bertz CT molecular complexity index is 289. The SMILES string of the molecule is Fc1c(Cl)ccc(Br)c1CCCl. The molecule has 0 atom stereocenters. The van der Waals surface area contributed by atoms with Crippen LogP contribution in [0.4, 0.5) is 4.39 Å². The van der Waals surface area contributed by atoms with Gasteiger partial charge >= 0.3 is 0 Å². The number of alkyl halides is 1. The molecule has 0 aliphatic heterocycles. The van der Waals surface area contributed by atoms with Crippen LogP contribution in [0.25, 0.3) is 0 Å². The fourth-order valence-electron chi connectivity index (χ4n) is 0.893. The molecule has 0 spiro atoms. The highest BCUT2D eigenvalue weighted by Crippen LogP contribution is 2.26. The zero-order valence-corrected chi connectivity index (χ0v) is 9.18. The number of rotatable bonds is 2. The van der Waals surface area contributed by atoms with Crippen molar-refractivity contribution in [3.63, 3.8) is 0 Å². The first-order valence-electron chi connectivity index (χ1n) is 3.35. The number of halogens is 4. The summed E-state index contributed by atoms with van der Waals surface area (Å²) < 4.78 is 13.9. The van der Waals surface area contributed by atoms with E-state index in [4.69, 9.17) is 23.2 Å². The first-order valence-corrected chi connectivity index (χ1v) is 5.05. The average molecular weight is 272 g/mol. The Hall–Kier alpha value is 0.210. The van der Waals surface area contributed by atoms with Crippen LogP contribution in [0.3, 0.4) is 0 Å². The van der Waals surface area contributed by atoms with Crippen LogP contribution in [0, 0.1) is 5.82 Å². The second-order valence-electron chi connectivity index (χ2n) is 2.26. The summed E-state index contributed by atoms with van der Waals surface area (Å²) >= 11 is 14.3. The van der Waals surface area contributed by atoms with Crippen LogP contribution >= 0.6 is 39.1 Å². The van der Waals surface area contributed by atoms with E-state index in [9.17, 15) is 4.39 Å². The summed E-state index contributed by atoms with van der Waals surface area (Å²) in [5.41, 5.74) is 0.539. The molecule has 12 heavy (non-hydrogen) atoms. The second-order valence-corrected chi connectivity index (χ2v) is 3.90. The topological polar surface area (TPSA) is 0 Å². The number of hydrogen-bond donors (Lipinski definition) is 0. The van der Waals surface area contributed by atoms with Gasteiger partial charge in [-0.2, -0.15) is 0 Å². The van der Waals surface area contributed by atoms with Gasteiger partial charge in [0.2, 0.25) is 0 Å². The van der Waals surface area contributed by atoms with Crippen molar-refractivity contribution in [3.05, 3.63) is 33.0 Å². The minimum atomic E-state index is -0.383. The van der Waals surface area contributed by atoms with Crippen LogP contribution in [-0.4, -0.2) is 5.88 Å². The molecular weight excluding hydrogens is 266 g/mol. The molecule has 0 heterocycles. The number of benzene rings is 1.